The van der Waals surface area contributed by atoms with Gasteiger partial charge in [-0.15, -0.1) is 0 Å². The molecule has 0 aromatic carbocycles. The molecule has 0 aliphatic carbocycles. The number of nitrogens with one attached hydrogen (secondary N) is 2. The van der Waals surface area contributed by atoms with E-state index in [1.807, 2.05) is 0 Å². The molecule has 1 rings (SSSR count). The van der Waals surface area contributed by atoms with Crippen molar-refractivity contribution in [2.45, 2.75) is 26.3 Å². The molecule has 106 valence electrons. The first-order chi connectivity index (χ1) is 9.22. The Labute approximate surface area is 112 Å². The van der Waals surface area contributed by atoms with Crippen molar-refractivity contribution in [3.63, 3.8) is 0 Å². The fourth-order valence-electron chi connectivity index (χ4n) is 1.45. The number of esters is 1. The number of carbonyl (C=O) groups is 2. The highest BCUT2D eigenvalue weighted by molar-refractivity contribution is 5.77. The third-order valence-corrected chi connectivity index (χ3v) is 2.37. The minimum atomic E-state index is -0.202. The lowest BCUT2D eigenvalue weighted by Gasteiger charge is -2.05. The van der Waals surface area contributed by atoms with Crippen LogP contribution in [0.5, 0.6) is 0 Å². The van der Waals surface area contributed by atoms with Crippen LogP contribution in [0.2, 0.25) is 0 Å². The zero-order chi connectivity index (χ0) is 13.9. The molecule has 1 aromatic heterocycles. The average molecular weight is 268 g/mol. The summed E-state index contributed by atoms with van der Waals surface area (Å²) >= 11 is 0. The number of hydrogen-bond donors (Lipinski definition) is 2. The van der Waals surface area contributed by atoms with E-state index in [0.717, 1.165) is 5.76 Å². The molecule has 19 heavy (non-hydrogen) atoms. The highest BCUT2D eigenvalue weighted by Gasteiger charge is 2.03. The van der Waals surface area contributed by atoms with Gasteiger partial charge < -0.3 is 19.8 Å². The second-order valence-corrected chi connectivity index (χ2v) is 3.94. The molecular formula is C13H20N2O4. The SMILES string of the molecule is CCOC(=O)CCCNCC(=O)NCc1ccco1. The molecule has 0 aliphatic heterocycles. The summed E-state index contributed by atoms with van der Waals surface area (Å²) < 4.78 is 9.88. The van der Waals surface area contributed by atoms with E-state index < -0.39 is 0 Å². The first-order valence-corrected chi connectivity index (χ1v) is 6.37. The summed E-state index contributed by atoms with van der Waals surface area (Å²) in [5.41, 5.74) is 0. The highest BCUT2D eigenvalue weighted by atomic mass is 16.5. The summed E-state index contributed by atoms with van der Waals surface area (Å²) in [6.07, 6.45) is 2.59. The van der Waals surface area contributed by atoms with E-state index in [0.29, 0.717) is 32.5 Å². The Bertz CT molecular complexity index is 376. The molecule has 0 saturated heterocycles. The Morgan fingerprint density at radius 1 is 1.42 bits per heavy atom. The van der Waals surface area contributed by atoms with E-state index >= 15 is 0 Å². The summed E-state index contributed by atoms with van der Waals surface area (Å²) in [5.74, 6) is 0.412. The van der Waals surface area contributed by atoms with Crippen LogP contribution >= 0.6 is 0 Å². The third-order valence-electron chi connectivity index (χ3n) is 2.37. The van der Waals surface area contributed by atoms with Gasteiger partial charge in [0.2, 0.25) is 5.91 Å². The van der Waals surface area contributed by atoms with Gasteiger partial charge in [0.15, 0.2) is 0 Å². The van der Waals surface area contributed by atoms with Crippen molar-refractivity contribution >= 4 is 11.9 Å². The fraction of sp³-hybridized carbons (Fsp3) is 0.538. The summed E-state index contributed by atoms with van der Waals surface area (Å²) in [4.78, 5) is 22.5. The Kier molecular flexibility index (Phi) is 7.34. The molecule has 0 unspecified atom stereocenters. The quantitative estimate of drug-likeness (QED) is 0.512. The summed E-state index contributed by atoms with van der Waals surface area (Å²) in [7, 11) is 0. The van der Waals surface area contributed by atoms with Crippen molar-refractivity contribution in [2.24, 2.45) is 0 Å². The van der Waals surface area contributed by atoms with Gasteiger partial charge >= 0.3 is 5.97 Å². The molecule has 0 fully saturated rings. The lowest BCUT2D eigenvalue weighted by molar-refractivity contribution is -0.143. The van der Waals surface area contributed by atoms with E-state index in [-0.39, 0.29) is 18.4 Å². The Morgan fingerprint density at radius 2 is 2.26 bits per heavy atom. The zero-order valence-corrected chi connectivity index (χ0v) is 11.1. The van der Waals surface area contributed by atoms with Gasteiger partial charge in [-0.25, -0.2) is 0 Å². The van der Waals surface area contributed by atoms with Crippen LogP contribution in [-0.2, 0) is 20.9 Å². The Morgan fingerprint density at radius 3 is 2.95 bits per heavy atom. The molecule has 1 aromatic rings. The van der Waals surface area contributed by atoms with Gasteiger partial charge in [-0.1, -0.05) is 0 Å². The molecule has 6 heteroatoms. The van der Waals surface area contributed by atoms with Gasteiger partial charge in [0.25, 0.3) is 0 Å². The normalized spacial score (nSPS) is 10.2. The minimum absolute atomic E-state index is 0.104. The number of furan rings is 1. The van der Waals surface area contributed by atoms with Gasteiger partial charge in [-0.05, 0) is 32.0 Å². The number of hydrogen-bond acceptors (Lipinski definition) is 5. The van der Waals surface area contributed by atoms with Crippen molar-refractivity contribution in [3.05, 3.63) is 24.2 Å². The second-order valence-electron chi connectivity index (χ2n) is 3.94. The predicted molar refractivity (Wildman–Crippen MR) is 69.3 cm³/mol. The van der Waals surface area contributed by atoms with Gasteiger partial charge in [0.05, 0.1) is 26.0 Å². The minimum Gasteiger partial charge on any atom is -0.467 e. The number of carbonyl (C=O) groups excluding carboxylic acids is 2. The summed E-state index contributed by atoms with van der Waals surface area (Å²) in [6.45, 7) is 3.40. The molecule has 6 nitrogen and oxygen atoms in total. The molecule has 0 radical (unpaired) electrons. The van der Waals surface area contributed by atoms with E-state index in [1.54, 1.807) is 25.3 Å². The smallest absolute Gasteiger partial charge is 0.305 e. The van der Waals surface area contributed by atoms with Crippen LogP contribution in [0, 0.1) is 0 Å². The van der Waals surface area contributed by atoms with Gasteiger partial charge in [0.1, 0.15) is 5.76 Å². The van der Waals surface area contributed by atoms with Crippen LogP contribution in [0.3, 0.4) is 0 Å². The molecule has 0 atom stereocenters. The van der Waals surface area contributed by atoms with Crippen molar-refractivity contribution in [1.82, 2.24) is 10.6 Å². The molecule has 0 spiro atoms. The highest BCUT2D eigenvalue weighted by Crippen LogP contribution is 1.98. The molecule has 1 heterocycles. The van der Waals surface area contributed by atoms with E-state index in [4.69, 9.17) is 9.15 Å². The van der Waals surface area contributed by atoms with Crippen LogP contribution in [0.15, 0.2) is 22.8 Å². The maximum Gasteiger partial charge on any atom is 0.305 e. The second kappa shape index (κ2) is 9.16. The maximum atomic E-state index is 11.4. The largest absolute Gasteiger partial charge is 0.467 e. The van der Waals surface area contributed by atoms with E-state index in [2.05, 4.69) is 10.6 Å². The number of amides is 1. The topological polar surface area (TPSA) is 80.6 Å². The van der Waals surface area contributed by atoms with Gasteiger partial charge in [-0.3, -0.25) is 9.59 Å². The van der Waals surface area contributed by atoms with Gasteiger partial charge in [0, 0.05) is 6.42 Å². The first-order valence-electron chi connectivity index (χ1n) is 6.37. The average Bonchev–Trinajstić information content (AvgIpc) is 2.89. The Balaban J connectivity index is 1.97. The van der Waals surface area contributed by atoms with E-state index in [1.165, 1.54) is 0 Å². The van der Waals surface area contributed by atoms with Gasteiger partial charge in [-0.2, -0.15) is 0 Å². The van der Waals surface area contributed by atoms with Crippen molar-refractivity contribution < 1.29 is 18.7 Å². The van der Waals surface area contributed by atoms with E-state index in [9.17, 15) is 9.59 Å². The van der Waals surface area contributed by atoms with Crippen LogP contribution in [0.1, 0.15) is 25.5 Å². The van der Waals surface area contributed by atoms with Crippen LogP contribution in [0.4, 0.5) is 0 Å². The third kappa shape index (κ3) is 7.25. The summed E-state index contributed by atoms with van der Waals surface area (Å²) in [5, 5.41) is 5.68. The molecule has 0 bridgehead atoms. The zero-order valence-electron chi connectivity index (χ0n) is 11.1. The molecule has 1 amide bonds. The van der Waals surface area contributed by atoms with Crippen molar-refractivity contribution in [1.29, 1.82) is 0 Å². The Hall–Kier alpha value is -1.82. The lowest BCUT2D eigenvalue weighted by Crippen LogP contribution is -2.33. The standard InChI is InChI=1S/C13H20N2O4/c1-2-18-13(17)6-3-7-14-10-12(16)15-9-11-5-4-8-19-11/h4-5,8,14H,2-3,6-7,9-10H2,1H3,(H,15,16). The molecule has 0 saturated carbocycles. The lowest BCUT2D eigenvalue weighted by atomic mass is 10.3. The molecular weight excluding hydrogens is 248 g/mol. The number of rotatable bonds is 9. The van der Waals surface area contributed by atoms with Crippen molar-refractivity contribution in [3.8, 4) is 0 Å². The monoisotopic (exact) mass is 268 g/mol. The van der Waals surface area contributed by atoms with Crippen LogP contribution in [-0.4, -0.2) is 31.6 Å². The molecule has 2 N–H and O–H groups in total. The van der Waals surface area contributed by atoms with Crippen LogP contribution < -0.4 is 10.6 Å². The molecule has 0 aliphatic rings. The maximum absolute atomic E-state index is 11.4. The number of ether oxygens (including phenoxy) is 1. The van der Waals surface area contributed by atoms with Crippen molar-refractivity contribution in [2.75, 3.05) is 19.7 Å². The van der Waals surface area contributed by atoms with Crippen LogP contribution in [0.25, 0.3) is 0 Å². The summed E-state index contributed by atoms with van der Waals surface area (Å²) in [6, 6.07) is 3.57. The fourth-order valence-corrected chi connectivity index (χ4v) is 1.45. The predicted octanol–water partition coefficient (Wildman–Crippen LogP) is 0.829. The first kappa shape index (κ1) is 15.2.